The minimum Gasteiger partial charge on any atom is -0.192 e. The molecule has 1 aromatic carbocycles. The van der Waals surface area contributed by atoms with Gasteiger partial charge < -0.3 is 0 Å². The summed E-state index contributed by atoms with van der Waals surface area (Å²) >= 11 is 6.30. The fourth-order valence-electron chi connectivity index (χ4n) is 1.86. The molecule has 3 rings (SSSR count). The second-order valence-corrected chi connectivity index (χ2v) is 6.17. The maximum Gasteiger partial charge on any atom is 0.287 e. The Hall–Kier alpha value is 0.275. The van der Waals surface area contributed by atoms with Crippen molar-refractivity contribution in [2.45, 2.75) is 10.3 Å². The first kappa shape index (κ1) is 7.66. The van der Waals surface area contributed by atoms with Crippen molar-refractivity contribution in [3.8, 4) is 0 Å². The van der Waals surface area contributed by atoms with E-state index in [2.05, 4.69) is 24.3 Å². The van der Waals surface area contributed by atoms with Gasteiger partial charge in [-0.25, -0.2) is 0 Å². The number of hydrogen-bond acceptors (Lipinski definition) is 2. The largest absolute Gasteiger partial charge is 0.287 e. The minimum absolute atomic E-state index is 0.317. The van der Waals surface area contributed by atoms with Gasteiger partial charge in [0.15, 0.2) is 0 Å². The van der Waals surface area contributed by atoms with Crippen LogP contribution in [0.15, 0.2) is 24.3 Å². The van der Waals surface area contributed by atoms with Crippen molar-refractivity contribution in [1.29, 1.82) is 0 Å². The zero-order valence-corrected chi connectivity index (χ0v) is 8.62. The monoisotopic (exact) mass is 212 g/mol. The lowest BCUT2D eigenvalue weighted by molar-refractivity contribution is 1.32. The summed E-state index contributed by atoms with van der Waals surface area (Å²) in [6.07, 6.45) is 0.317. The zero-order valence-electron chi connectivity index (χ0n) is 6.24. The molecule has 2 bridgehead atoms. The average Bonchev–Trinajstić information content (AvgIpc) is 2.61. The smallest absolute Gasteiger partial charge is 0.192 e. The van der Waals surface area contributed by atoms with Crippen LogP contribution in [-0.2, 0) is 0 Å². The van der Waals surface area contributed by atoms with Crippen molar-refractivity contribution < 1.29 is 0 Å². The summed E-state index contributed by atoms with van der Waals surface area (Å²) in [6.45, 7) is 0. The van der Waals surface area contributed by atoms with Gasteiger partial charge in [0, 0.05) is 10.3 Å². The van der Waals surface area contributed by atoms with Crippen LogP contribution in [0.3, 0.4) is 0 Å². The van der Waals surface area contributed by atoms with Crippen molar-refractivity contribution >= 4 is 39.2 Å². The van der Waals surface area contributed by atoms with Gasteiger partial charge in [-0.2, -0.15) is 11.5 Å². The normalized spacial score (nSPS) is 30.9. The van der Waals surface area contributed by atoms with Crippen LogP contribution in [0, 0.1) is 0 Å². The van der Waals surface area contributed by atoms with E-state index in [1.54, 1.807) is 0 Å². The Morgan fingerprint density at radius 1 is 1.08 bits per heavy atom. The average molecular weight is 213 g/mol. The van der Waals surface area contributed by atoms with Crippen molar-refractivity contribution in [3.05, 3.63) is 35.4 Å². The first-order valence-electron chi connectivity index (χ1n) is 3.93. The van der Waals surface area contributed by atoms with Crippen molar-refractivity contribution in [1.82, 2.24) is 0 Å². The van der Waals surface area contributed by atoms with Gasteiger partial charge in [-0.15, -0.1) is 0 Å². The molecule has 0 aliphatic carbocycles. The standard InChI is InChI=1S/C8H6BClS2/c10-9-7-5-3-1-2-4-6(5)8(9)12-11-7/h1-4,7-8H. The van der Waals surface area contributed by atoms with E-state index in [-0.39, 0.29) is 0 Å². The zero-order chi connectivity index (χ0) is 8.13. The van der Waals surface area contributed by atoms with Crippen LogP contribution >= 0.6 is 33.0 Å². The van der Waals surface area contributed by atoms with Gasteiger partial charge >= 0.3 is 0 Å². The summed E-state index contributed by atoms with van der Waals surface area (Å²) in [4.78, 5) is 0. The summed E-state index contributed by atoms with van der Waals surface area (Å²) in [5.41, 5.74) is 2.93. The highest BCUT2D eigenvalue weighted by atomic mass is 35.5. The molecule has 4 heteroatoms. The molecular formula is C8H6BClS2. The summed E-state index contributed by atoms with van der Waals surface area (Å²) in [6, 6.07) is 8.63. The van der Waals surface area contributed by atoms with E-state index < -0.39 is 0 Å². The van der Waals surface area contributed by atoms with Crippen LogP contribution < -0.4 is 0 Å². The molecule has 0 N–H and O–H groups in total. The second kappa shape index (κ2) is 2.63. The van der Waals surface area contributed by atoms with Crippen LogP contribution in [0.25, 0.3) is 0 Å². The van der Waals surface area contributed by atoms with Gasteiger partial charge in [-0.1, -0.05) is 45.9 Å². The van der Waals surface area contributed by atoms with Gasteiger partial charge in [0.2, 0.25) is 0 Å². The molecule has 1 fully saturated rings. The molecule has 2 unspecified atom stereocenters. The van der Waals surface area contributed by atoms with Gasteiger partial charge in [-0.3, -0.25) is 0 Å². The van der Waals surface area contributed by atoms with Gasteiger partial charge in [0.25, 0.3) is 6.13 Å². The molecule has 60 valence electrons. The molecule has 2 aliphatic rings. The van der Waals surface area contributed by atoms with Gasteiger partial charge in [0.05, 0.1) is 0 Å². The fourth-order valence-corrected chi connectivity index (χ4v) is 6.37. The van der Waals surface area contributed by atoms with Crippen LogP contribution in [-0.4, -0.2) is 6.13 Å². The predicted octanol–water partition coefficient (Wildman–Crippen LogP) is 3.49. The Bertz CT molecular complexity index is 300. The molecule has 2 heterocycles. The molecule has 12 heavy (non-hydrogen) atoms. The molecule has 0 spiro atoms. The van der Waals surface area contributed by atoms with Gasteiger partial charge in [-0.05, 0) is 11.1 Å². The molecule has 0 amide bonds. The third kappa shape index (κ3) is 0.849. The van der Waals surface area contributed by atoms with Crippen LogP contribution in [0.4, 0.5) is 0 Å². The Kier molecular flexibility index (Phi) is 1.68. The lowest BCUT2D eigenvalue weighted by Gasteiger charge is -2.12. The first-order valence-corrected chi connectivity index (χ1v) is 6.64. The predicted molar refractivity (Wildman–Crippen MR) is 58.7 cm³/mol. The maximum atomic E-state index is 6.30. The summed E-state index contributed by atoms with van der Waals surface area (Å²) < 4.78 is 0. The number of rotatable bonds is 0. The first-order chi connectivity index (χ1) is 5.88. The summed E-state index contributed by atoms with van der Waals surface area (Å²) in [5.74, 6) is 0. The molecule has 0 aromatic heterocycles. The van der Waals surface area contributed by atoms with E-state index in [1.807, 2.05) is 21.6 Å². The highest BCUT2D eigenvalue weighted by Crippen LogP contribution is 2.65. The Labute approximate surface area is 84.8 Å². The third-order valence-electron chi connectivity index (χ3n) is 2.45. The molecule has 0 saturated carbocycles. The topological polar surface area (TPSA) is 0 Å². The Morgan fingerprint density at radius 3 is 2.08 bits per heavy atom. The molecule has 0 radical (unpaired) electrons. The third-order valence-corrected chi connectivity index (χ3v) is 6.45. The quantitative estimate of drug-likeness (QED) is 0.477. The SMILES string of the molecule is ClB1C2SSC1c1ccccc12. The van der Waals surface area contributed by atoms with Crippen LogP contribution in [0.5, 0.6) is 0 Å². The van der Waals surface area contributed by atoms with Crippen LogP contribution in [0.1, 0.15) is 21.4 Å². The lowest BCUT2D eigenvalue weighted by Crippen LogP contribution is -2.05. The number of benzene rings is 1. The highest BCUT2D eigenvalue weighted by Gasteiger charge is 2.49. The minimum atomic E-state index is 0.317. The lowest BCUT2D eigenvalue weighted by atomic mass is 9.72. The summed E-state index contributed by atoms with van der Waals surface area (Å²) in [5, 5.41) is 1.08. The second-order valence-electron chi connectivity index (χ2n) is 3.11. The number of hydrogen-bond donors (Lipinski definition) is 0. The van der Waals surface area contributed by atoms with E-state index in [4.69, 9.17) is 11.5 Å². The Morgan fingerprint density at radius 2 is 1.58 bits per heavy atom. The Balaban J connectivity index is 2.21. The van der Waals surface area contributed by atoms with E-state index in [0.717, 1.165) is 0 Å². The number of fused-ring (bicyclic) bond motifs is 5. The van der Waals surface area contributed by atoms with Crippen molar-refractivity contribution in [3.63, 3.8) is 0 Å². The fraction of sp³-hybridized carbons (Fsp3) is 0.250. The molecule has 2 atom stereocenters. The van der Waals surface area contributed by atoms with E-state index >= 15 is 0 Å². The van der Waals surface area contributed by atoms with E-state index in [9.17, 15) is 0 Å². The molecule has 0 nitrogen and oxygen atoms in total. The summed E-state index contributed by atoms with van der Waals surface area (Å²) in [7, 11) is 3.86. The molecular weight excluding hydrogens is 206 g/mol. The highest BCUT2D eigenvalue weighted by molar-refractivity contribution is 8.78. The maximum absolute atomic E-state index is 6.30. The van der Waals surface area contributed by atoms with E-state index in [0.29, 0.717) is 16.4 Å². The molecule has 1 aromatic rings. The van der Waals surface area contributed by atoms with Gasteiger partial charge in [0.1, 0.15) is 0 Å². The molecule has 2 aliphatic heterocycles. The van der Waals surface area contributed by atoms with Crippen molar-refractivity contribution in [2.24, 2.45) is 0 Å². The van der Waals surface area contributed by atoms with Crippen molar-refractivity contribution in [2.75, 3.05) is 0 Å². The number of halogens is 1. The van der Waals surface area contributed by atoms with E-state index in [1.165, 1.54) is 11.1 Å². The van der Waals surface area contributed by atoms with Crippen LogP contribution in [0.2, 0.25) is 0 Å². The molecule has 1 saturated heterocycles.